The highest BCUT2D eigenvalue weighted by molar-refractivity contribution is 7.89. The highest BCUT2D eigenvalue weighted by Crippen LogP contribution is 2.33. The van der Waals surface area contributed by atoms with Crippen LogP contribution in [0.2, 0.25) is 0 Å². The SMILES string of the molecule is CNc1oc(-c2ccc(OC)c(S(=O)(=O)N3CCCCC3)c2)nc1C#N. The maximum absolute atomic E-state index is 13.1. The van der Waals surface area contributed by atoms with E-state index in [0.29, 0.717) is 18.7 Å². The Morgan fingerprint density at radius 3 is 2.62 bits per heavy atom. The van der Waals surface area contributed by atoms with Gasteiger partial charge >= 0.3 is 0 Å². The molecule has 0 saturated carbocycles. The first kappa shape index (κ1) is 18.2. The van der Waals surface area contributed by atoms with Gasteiger partial charge in [-0.1, -0.05) is 6.42 Å². The molecule has 1 saturated heterocycles. The van der Waals surface area contributed by atoms with Gasteiger partial charge in [-0.3, -0.25) is 0 Å². The lowest BCUT2D eigenvalue weighted by molar-refractivity contribution is 0.343. The predicted octanol–water partition coefficient (Wildman–Crippen LogP) is 2.44. The number of aromatic nitrogens is 1. The molecule has 0 spiro atoms. The average Bonchev–Trinajstić information content (AvgIpc) is 3.11. The number of nitrogens with zero attached hydrogens (tertiary/aromatic N) is 3. The van der Waals surface area contributed by atoms with E-state index in [1.807, 2.05) is 6.07 Å². The van der Waals surface area contributed by atoms with Crippen LogP contribution >= 0.6 is 0 Å². The molecule has 1 fully saturated rings. The molecular weight excluding hydrogens is 356 g/mol. The van der Waals surface area contributed by atoms with Gasteiger partial charge in [0.25, 0.3) is 0 Å². The van der Waals surface area contributed by atoms with E-state index < -0.39 is 10.0 Å². The zero-order chi connectivity index (χ0) is 18.7. The fourth-order valence-electron chi connectivity index (χ4n) is 2.94. The Morgan fingerprint density at radius 1 is 1.31 bits per heavy atom. The van der Waals surface area contributed by atoms with Crippen molar-refractivity contribution in [2.75, 3.05) is 32.6 Å². The molecule has 1 aliphatic heterocycles. The molecular formula is C17H20N4O4S. The number of nitrogens with one attached hydrogen (secondary N) is 1. The van der Waals surface area contributed by atoms with E-state index in [1.54, 1.807) is 19.2 Å². The minimum atomic E-state index is -3.69. The van der Waals surface area contributed by atoms with Crippen molar-refractivity contribution < 1.29 is 17.6 Å². The van der Waals surface area contributed by atoms with Gasteiger partial charge in [-0.2, -0.15) is 14.6 Å². The summed E-state index contributed by atoms with van der Waals surface area (Å²) < 4.78 is 38.4. The van der Waals surface area contributed by atoms with Crippen LogP contribution in [0.15, 0.2) is 27.5 Å². The maximum atomic E-state index is 13.1. The Hall–Kier alpha value is -2.57. The van der Waals surface area contributed by atoms with Crippen molar-refractivity contribution in [1.29, 1.82) is 5.26 Å². The van der Waals surface area contributed by atoms with E-state index in [-0.39, 0.29) is 28.1 Å². The molecule has 0 radical (unpaired) electrons. The largest absolute Gasteiger partial charge is 0.495 e. The topological polar surface area (TPSA) is 108 Å². The Labute approximate surface area is 152 Å². The summed E-state index contributed by atoms with van der Waals surface area (Å²) in [6, 6.07) is 6.64. The predicted molar refractivity (Wildman–Crippen MR) is 95.4 cm³/mol. The molecule has 138 valence electrons. The van der Waals surface area contributed by atoms with Crippen LogP contribution in [0.25, 0.3) is 11.5 Å². The smallest absolute Gasteiger partial charge is 0.246 e. The number of rotatable bonds is 5. The molecule has 3 rings (SSSR count). The summed E-state index contributed by atoms with van der Waals surface area (Å²) in [5.74, 6) is 0.669. The Bertz CT molecular complexity index is 940. The van der Waals surface area contributed by atoms with Crippen molar-refractivity contribution in [2.45, 2.75) is 24.2 Å². The molecule has 26 heavy (non-hydrogen) atoms. The second-order valence-electron chi connectivity index (χ2n) is 5.89. The maximum Gasteiger partial charge on any atom is 0.246 e. The second-order valence-corrected chi connectivity index (χ2v) is 7.80. The van der Waals surface area contributed by atoms with Crippen molar-refractivity contribution in [2.24, 2.45) is 0 Å². The lowest BCUT2D eigenvalue weighted by atomic mass is 10.2. The molecule has 0 bridgehead atoms. The van der Waals surface area contributed by atoms with E-state index in [4.69, 9.17) is 14.4 Å². The Balaban J connectivity index is 2.07. The monoisotopic (exact) mass is 376 g/mol. The van der Waals surface area contributed by atoms with Crippen LogP contribution in [0.5, 0.6) is 5.75 Å². The van der Waals surface area contributed by atoms with Crippen molar-refractivity contribution in [1.82, 2.24) is 9.29 Å². The van der Waals surface area contributed by atoms with Gasteiger partial charge in [0.15, 0.2) is 0 Å². The van der Waals surface area contributed by atoms with Gasteiger partial charge in [0.1, 0.15) is 16.7 Å². The van der Waals surface area contributed by atoms with Gasteiger partial charge in [-0.15, -0.1) is 0 Å². The molecule has 0 unspecified atom stereocenters. The number of nitriles is 1. The van der Waals surface area contributed by atoms with Crippen LogP contribution in [0.1, 0.15) is 25.0 Å². The number of methoxy groups -OCH3 is 1. The van der Waals surface area contributed by atoms with E-state index in [0.717, 1.165) is 19.3 Å². The molecule has 2 aromatic rings. The average molecular weight is 376 g/mol. The van der Waals surface area contributed by atoms with Crippen LogP contribution in [0, 0.1) is 11.3 Å². The lowest BCUT2D eigenvalue weighted by Crippen LogP contribution is -2.35. The van der Waals surface area contributed by atoms with Crippen molar-refractivity contribution in [3.63, 3.8) is 0 Å². The van der Waals surface area contributed by atoms with Crippen LogP contribution in [0.4, 0.5) is 5.88 Å². The van der Waals surface area contributed by atoms with Crippen LogP contribution in [-0.4, -0.2) is 45.0 Å². The summed E-state index contributed by atoms with van der Waals surface area (Å²) in [7, 11) is -0.642. The molecule has 0 aliphatic carbocycles. The number of piperidine rings is 1. The van der Waals surface area contributed by atoms with E-state index in [1.165, 1.54) is 17.5 Å². The van der Waals surface area contributed by atoms with Gasteiger partial charge in [0.2, 0.25) is 27.5 Å². The quantitative estimate of drug-likeness (QED) is 0.853. The van der Waals surface area contributed by atoms with Crippen molar-refractivity contribution >= 4 is 15.9 Å². The van der Waals surface area contributed by atoms with E-state index >= 15 is 0 Å². The molecule has 1 aromatic carbocycles. The fraction of sp³-hybridized carbons (Fsp3) is 0.412. The Morgan fingerprint density at radius 2 is 2.04 bits per heavy atom. The number of oxazole rings is 1. The van der Waals surface area contributed by atoms with Gasteiger partial charge < -0.3 is 14.5 Å². The van der Waals surface area contributed by atoms with Crippen molar-refractivity contribution in [3.05, 3.63) is 23.9 Å². The van der Waals surface area contributed by atoms with Crippen molar-refractivity contribution in [3.8, 4) is 23.3 Å². The summed E-state index contributed by atoms with van der Waals surface area (Å²) in [5, 5.41) is 11.9. The van der Waals surface area contributed by atoms with Crippen LogP contribution in [-0.2, 0) is 10.0 Å². The summed E-state index contributed by atoms with van der Waals surface area (Å²) in [5.41, 5.74) is 0.568. The first-order valence-electron chi connectivity index (χ1n) is 8.28. The first-order valence-corrected chi connectivity index (χ1v) is 9.72. The van der Waals surface area contributed by atoms with Crippen LogP contribution in [0.3, 0.4) is 0 Å². The molecule has 1 N–H and O–H groups in total. The minimum Gasteiger partial charge on any atom is -0.495 e. The molecule has 8 nitrogen and oxygen atoms in total. The number of ether oxygens (including phenoxy) is 1. The standard InChI is InChI=1S/C17H20N4O4S/c1-19-17-13(11-18)20-16(25-17)12-6-7-14(24-2)15(10-12)26(22,23)21-8-4-3-5-9-21/h6-7,10,19H,3-5,8-9H2,1-2H3. The second kappa shape index (κ2) is 7.35. The summed E-state index contributed by atoms with van der Waals surface area (Å²) in [6.45, 7) is 0.994. The normalized spacial score (nSPS) is 15.4. The number of benzene rings is 1. The minimum absolute atomic E-state index is 0.0714. The van der Waals surface area contributed by atoms with Crippen LogP contribution < -0.4 is 10.1 Å². The molecule has 1 aliphatic rings. The number of anilines is 1. The van der Waals surface area contributed by atoms with E-state index in [9.17, 15) is 8.42 Å². The molecule has 2 heterocycles. The molecule has 0 atom stereocenters. The van der Waals surface area contributed by atoms with Gasteiger partial charge in [-0.05, 0) is 31.0 Å². The zero-order valence-electron chi connectivity index (χ0n) is 14.7. The fourth-order valence-corrected chi connectivity index (χ4v) is 4.64. The molecule has 0 amide bonds. The highest BCUT2D eigenvalue weighted by atomic mass is 32.2. The van der Waals surface area contributed by atoms with E-state index in [2.05, 4.69) is 10.3 Å². The highest BCUT2D eigenvalue weighted by Gasteiger charge is 2.29. The Kier molecular flexibility index (Phi) is 5.15. The molecule has 1 aromatic heterocycles. The lowest BCUT2D eigenvalue weighted by Gasteiger charge is -2.26. The molecule has 9 heteroatoms. The summed E-state index contributed by atoms with van der Waals surface area (Å²) >= 11 is 0. The number of sulfonamides is 1. The summed E-state index contributed by atoms with van der Waals surface area (Å²) in [4.78, 5) is 4.19. The third-order valence-electron chi connectivity index (χ3n) is 4.30. The number of hydrogen-bond acceptors (Lipinski definition) is 7. The third-order valence-corrected chi connectivity index (χ3v) is 6.22. The van der Waals surface area contributed by atoms with Gasteiger partial charge in [-0.25, -0.2) is 8.42 Å². The van der Waals surface area contributed by atoms with Gasteiger partial charge in [0.05, 0.1) is 7.11 Å². The first-order chi connectivity index (χ1) is 12.5. The zero-order valence-corrected chi connectivity index (χ0v) is 15.5. The number of hydrogen-bond donors (Lipinski definition) is 1. The van der Waals surface area contributed by atoms with Gasteiger partial charge in [0, 0.05) is 25.7 Å². The summed E-state index contributed by atoms with van der Waals surface area (Å²) in [6.07, 6.45) is 2.72. The third kappa shape index (κ3) is 3.25.